The van der Waals surface area contributed by atoms with Gasteiger partial charge in [-0.2, -0.15) is 0 Å². The van der Waals surface area contributed by atoms with Crippen molar-refractivity contribution >= 4 is 5.43 Å². The van der Waals surface area contributed by atoms with Crippen molar-refractivity contribution in [1.29, 1.82) is 0 Å². The number of rotatable bonds is 2. The predicted octanol–water partition coefficient (Wildman–Crippen LogP) is -1.41. The van der Waals surface area contributed by atoms with Gasteiger partial charge in [-0.1, -0.05) is 0 Å². The first kappa shape index (κ1) is 7.02. The van der Waals surface area contributed by atoms with E-state index in [1.807, 2.05) is 0 Å². The molecule has 0 radical (unpaired) electrons. The van der Waals surface area contributed by atoms with Crippen molar-refractivity contribution in [2.45, 2.75) is 0 Å². The molecule has 4 heteroatoms. The van der Waals surface area contributed by atoms with Gasteiger partial charge in [0.25, 0.3) is 0 Å². The van der Waals surface area contributed by atoms with E-state index in [1.165, 1.54) is 23.3 Å². The molecule has 0 bridgehead atoms. The quantitative estimate of drug-likeness (QED) is 0.514. The maximum atomic E-state index is 8.24. The summed E-state index contributed by atoms with van der Waals surface area (Å²) in [5.41, 5.74) is -0.667. The first-order valence-electron chi connectivity index (χ1n) is 1.59. The summed E-state index contributed by atoms with van der Waals surface area (Å²) in [6.45, 7) is 0. The second-order valence-corrected chi connectivity index (χ2v) is 7.97. The van der Waals surface area contributed by atoms with Crippen LogP contribution in [-0.2, 0) is 23.3 Å². The maximum absolute atomic E-state index is 8.24. The number of aliphatic hydroxyl groups is 2. The molecule has 0 amide bonds. The SMILES string of the molecule is OC[Si](=[Zr+2])CO. The normalized spacial score (nSPS) is 8.67. The molecule has 0 rings (SSSR count). The summed E-state index contributed by atoms with van der Waals surface area (Å²) in [6.07, 6.45) is 0.443. The van der Waals surface area contributed by atoms with E-state index in [2.05, 4.69) is 0 Å². The molecule has 0 aromatic carbocycles. The topological polar surface area (TPSA) is 40.5 Å². The van der Waals surface area contributed by atoms with Crippen LogP contribution in [0.4, 0.5) is 0 Å². The predicted molar refractivity (Wildman–Crippen MR) is 19.9 cm³/mol. The van der Waals surface area contributed by atoms with Crippen molar-refractivity contribution in [3.8, 4) is 0 Å². The molecule has 0 spiro atoms. The standard InChI is InChI=1S/C2H6O2Si.Zr/c3-1-5-2-4;/h3-4H,1-2H2;/q;+2. The Morgan fingerprint density at radius 3 is 1.67 bits per heavy atom. The minimum atomic E-state index is -0.667. The molecule has 0 aliphatic carbocycles. The van der Waals surface area contributed by atoms with Crippen LogP contribution in [0.5, 0.6) is 0 Å². The summed E-state index contributed by atoms with van der Waals surface area (Å²) in [4.78, 5) is 0. The molecule has 0 aromatic heterocycles. The minimum absolute atomic E-state index is 0.222. The van der Waals surface area contributed by atoms with E-state index in [-0.39, 0.29) is 12.5 Å². The van der Waals surface area contributed by atoms with Crippen molar-refractivity contribution < 1.29 is 33.5 Å². The van der Waals surface area contributed by atoms with Crippen LogP contribution in [0.3, 0.4) is 0 Å². The molecule has 0 saturated carbocycles. The zero-order valence-electron chi connectivity index (χ0n) is 3.31. The van der Waals surface area contributed by atoms with E-state index in [0.29, 0.717) is 0 Å². The molecule has 0 saturated heterocycles. The van der Waals surface area contributed by atoms with E-state index < -0.39 is 5.43 Å². The van der Waals surface area contributed by atoms with Crippen molar-refractivity contribution in [2.24, 2.45) is 0 Å². The summed E-state index contributed by atoms with van der Waals surface area (Å²) in [6, 6.07) is 0. The molecule has 32 valence electrons. The Hall–Kier alpha value is 1.02. The van der Waals surface area contributed by atoms with Gasteiger partial charge >= 0.3 is 51.4 Å². The molecule has 0 aliphatic heterocycles. The monoisotopic (exact) mass is 180 g/mol. The Bertz CT molecular complexity index is 49.5. The molecule has 2 nitrogen and oxygen atoms in total. The molecular weight excluding hydrogens is 175 g/mol. The third kappa shape index (κ3) is 3.22. The van der Waals surface area contributed by atoms with Crippen LogP contribution in [0.1, 0.15) is 0 Å². The molecule has 0 unspecified atom stereocenters. The Balaban J connectivity index is 2.99. The summed E-state index contributed by atoms with van der Waals surface area (Å²) >= 11 is 1.30. The average molecular weight is 181 g/mol. The Kier molecular flexibility index (Phi) is 4.90. The van der Waals surface area contributed by atoms with Crippen LogP contribution in [0.2, 0.25) is 0 Å². The molecule has 2 N–H and O–H groups in total. The van der Waals surface area contributed by atoms with Gasteiger partial charge in [0.15, 0.2) is 0 Å². The molecule has 0 atom stereocenters. The zero-order valence-corrected chi connectivity index (χ0v) is 6.77. The summed E-state index contributed by atoms with van der Waals surface area (Å²) in [5, 5.41) is 16.5. The van der Waals surface area contributed by atoms with Gasteiger partial charge in [-0.25, -0.2) is 0 Å². The van der Waals surface area contributed by atoms with Crippen molar-refractivity contribution in [3.05, 3.63) is 0 Å². The van der Waals surface area contributed by atoms with Gasteiger partial charge in [-0.05, 0) is 0 Å². The number of hydrogen-bond acceptors (Lipinski definition) is 2. The molecular formula is C2H6O2SiZr+2. The van der Waals surface area contributed by atoms with Crippen molar-refractivity contribution in [1.82, 2.24) is 0 Å². The molecule has 0 aromatic rings. The van der Waals surface area contributed by atoms with Gasteiger partial charge in [-0.3, -0.25) is 0 Å². The van der Waals surface area contributed by atoms with Gasteiger partial charge in [0, 0.05) is 0 Å². The van der Waals surface area contributed by atoms with Crippen LogP contribution in [0, 0.1) is 0 Å². The van der Waals surface area contributed by atoms with E-state index in [9.17, 15) is 0 Å². The summed E-state index contributed by atoms with van der Waals surface area (Å²) in [5.74, 6) is 0. The van der Waals surface area contributed by atoms with Gasteiger partial charge in [0.1, 0.15) is 0 Å². The molecule has 0 fully saturated rings. The fourth-order valence-electron chi connectivity index (χ4n) is 0.0500. The van der Waals surface area contributed by atoms with Crippen LogP contribution >= 0.6 is 0 Å². The average Bonchev–Trinajstić information content (AvgIpc) is 1.65. The van der Waals surface area contributed by atoms with Crippen molar-refractivity contribution in [3.63, 3.8) is 0 Å². The number of hydrogen-bond donors (Lipinski definition) is 2. The van der Waals surface area contributed by atoms with E-state index in [0.717, 1.165) is 0 Å². The Morgan fingerprint density at radius 1 is 1.33 bits per heavy atom. The van der Waals surface area contributed by atoms with Gasteiger partial charge in [0.05, 0.1) is 0 Å². The van der Waals surface area contributed by atoms with E-state index in [1.54, 1.807) is 0 Å². The zero-order chi connectivity index (χ0) is 4.99. The second kappa shape index (κ2) is 4.19. The van der Waals surface area contributed by atoms with Crippen LogP contribution in [0.25, 0.3) is 0 Å². The second-order valence-electron chi connectivity index (χ2n) is 0.920. The van der Waals surface area contributed by atoms with Crippen LogP contribution < -0.4 is 0 Å². The fourth-order valence-corrected chi connectivity index (χ4v) is 0.150. The van der Waals surface area contributed by atoms with Gasteiger partial charge < -0.3 is 0 Å². The summed E-state index contributed by atoms with van der Waals surface area (Å²) < 4.78 is 0. The fraction of sp³-hybridized carbons (Fsp3) is 1.00. The Morgan fingerprint density at radius 2 is 1.67 bits per heavy atom. The number of aliphatic hydroxyl groups excluding tert-OH is 2. The first-order valence-corrected chi connectivity index (χ1v) is 7.19. The van der Waals surface area contributed by atoms with Gasteiger partial charge in [-0.15, -0.1) is 0 Å². The Labute approximate surface area is 51.6 Å². The third-order valence-corrected chi connectivity index (χ3v) is 3.48. The summed E-state index contributed by atoms with van der Waals surface area (Å²) in [7, 11) is 0. The molecule has 6 heavy (non-hydrogen) atoms. The van der Waals surface area contributed by atoms with Crippen LogP contribution in [-0.4, -0.2) is 28.1 Å². The third-order valence-electron chi connectivity index (χ3n) is 0.382. The molecule has 0 aliphatic rings. The van der Waals surface area contributed by atoms with E-state index in [4.69, 9.17) is 10.2 Å². The van der Waals surface area contributed by atoms with E-state index >= 15 is 0 Å². The van der Waals surface area contributed by atoms with Crippen LogP contribution in [0.15, 0.2) is 0 Å². The molecule has 0 heterocycles. The van der Waals surface area contributed by atoms with Gasteiger partial charge in [0.2, 0.25) is 0 Å². The van der Waals surface area contributed by atoms with Crippen molar-refractivity contribution in [2.75, 3.05) is 12.5 Å². The first-order chi connectivity index (χ1) is 2.81.